The van der Waals surface area contributed by atoms with Crippen molar-refractivity contribution in [2.75, 3.05) is 25.0 Å². The first-order valence-electron chi connectivity index (χ1n) is 10.1. The zero-order valence-corrected chi connectivity index (χ0v) is 17.1. The van der Waals surface area contributed by atoms with Crippen LogP contribution >= 0.6 is 11.6 Å². The second-order valence-electron chi connectivity index (χ2n) is 7.87. The van der Waals surface area contributed by atoms with Crippen molar-refractivity contribution in [3.8, 4) is 5.75 Å². The van der Waals surface area contributed by atoms with Crippen molar-refractivity contribution in [1.29, 1.82) is 0 Å². The van der Waals surface area contributed by atoms with Gasteiger partial charge in [-0.3, -0.25) is 0 Å². The molecule has 1 fully saturated rings. The lowest BCUT2D eigenvalue weighted by atomic mass is 10.1. The summed E-state index contributed by atoms with van der Waals surface area (Å²) in [5.41, 5.74) is 5.37. The van der Waals surface area contributed by atoms with Crippen molar-refractivity contribution < 1.29 is 4.74 Å². The van der Waals surface area contributed by atoms with Crippen molar-refractivity contribution in [3.63, 3.8) is 0 Å². The van der Waals surface area contributed by atoms with Gasteiger partial charge in [0.1, 0.15) is 5.75 Å². The van der Waals surface area contributed by atoms with Crippen molar-refractivity contribution >= 4 is 44.8 Å². The van der Waals surface area contributed by atoms with E-state index in [1.54, 1.807) is 0 Å². The Balaban J connectivity index is 1.57. The molecule has 0 spiro atoms. The second-order valence-corrected chi connectivity index (χ2v) is 8.31. The molecule has 1 aliphatic heterocycles. The maximum Gasteiger partial charge on any atom is 0.145 e. The monoisotopic (exact) mass is 405 g/mol. The zero-order valence-electron chi connectivity index (χ0n) is 16.4. The molecule has 2 heterocycles. The van der Waals surface area contributed by atoms with Gasteiger partial charge in [-0.05, 0) is 56.3 Å². The van der Waals surface area contributed by atoms with Gasteiger partial charge in [0, 0.05) is 51.2 Å². The largest absolute Gasteiger partial charge is 0.491 e. The van der Waals surface area contributed by atoms with Crippen LogP contribution in [0.15, 0.2) is 54.6 Å². The second kappa shape index (κ2) is 7.62. The SMILES string of the molecule is Cc1ccc(Nc2cc(OCC3CCNC3)c3[nH]c4ccc(Cl)cc4c3c2)cc1. The number of benzene rings is 3. The molecule has 0 bridgehead atoms. The number of hydrogen-bond acceptors (Lipinski definition) is 3. The summed E-state index contributed by atoms with van der Waals surface area (Å²) in [5, 5.41) is 9.87. The summed E-state index contributed by atoms with van der Waals surface area (Å²) in [7, 11) is 0. The summed E-state index contributed by atoms with van der Waals surface area (Å²) < 4.78 is 6.32. The maximum atomic E-state index is 6.32. The quantitative estimate of drug-likeness (QED) is 0.380. The van der Waals surface area contributed by atoms with Crippen LogP contribution < -0.4 is 15.4 Å². The van der Waals surface area contributed by atoms with Gasteiger partial charge in [-0.25, -0.2) is 0 Å². The molecule has 1 atom stereocenters. The highest BCUT2D eigenvalue weighted by molar-refractivity contribution is 6.32. The highest BCUT2D eigenvalue weighted by Gasteiger charge is 2.17. The first-order valence-corrected chi connectivity index (χ1v) is 10.5. The highest BCUT2D eigenvalue weighted by Crippen LogP contribution is 2.37. The molecule has 0 aliphatic carbocycles. The molecule has 1 aliphatic rings. The van der Waals surface area contributed by atoms with E-state index in [1.165, 1.54) is 5.56 Å². The van der Waals surface area contributed by atoms with Crippen molar-refractivity contribution in [2.24, 2.45) is 5.92 Å². The van der Waals surface area contributed by atoms with Crippen LogP contribution in [0.5, 0.6) is 5.75 Å². The van der Waals surface area contributed by atoms with E-state index in [9.17, 15) is 0 Å². The van der Waals surface area contributed by atoms with Crippen LogP contribution in [0.2, 0.25) is 5.02 Å². The molecule has 1 unspecified atom stereocenters. The number of ether oxygens (including phenoxy) is 1. The molecule has 0 radical (unpaired) electrons. The Morgan fingerprint density at radius 2 is 1.90 bits per heavy atom. The first-order chi connectivity index (χ1) is 14.2. The average molecular weight is 406 g/mol. The summed E-state index contributed by atoms with van der Waals surface area (Å²) >= 11 is 6.28. The topological polar surface area (TPSA) is 49.1 Å². The fourth-order valence-corrected chi connectivity index (χ4v) is 4.17. The van der Waals surface area contributed by atoms with Gasteiger partial charge in [0.15, 0.2) is 0 Å². The van der Waals surface area contributed by atoms with E-state index in [0.717, 1.165) is 63.5 Å². The standard InChI is InChI=1S/C24H24ClN3O/c1-15-2-5-18(6-3-15)27-19-11-21-20-10-17(25)4-7-22(20)28-24(21)23(12-19)29-14-16-8-9-26-13-16/h2-7,10-12,16,26-28H,8-9,13-14H2,1H3. The fraction of sp³-hybridized carbons (Fsp3) is 0.250. The van der Waals surface area contributed by atoms with Crippen LogP contribution in [0.4, 0.5) is 11.4 Å². The number of rotatable bonds is 5. The molecule has 3 aromatic carbocycles. The van der Waals surface area contributed by atoms with E-state index in [-0.39, 0.29) is 0 Å². The molecule has 4 nitrogen and oxygen atoms in total. The van der Waals surface area contributed by atoms with Gasteiger partial charge in [0.2, 0.25) is 0 Å². The number of aryl methyl sites for hydroxylation is 1. The number of nitrogens with one attached hydrogen (secondary N) is 3. The number of H-pyrrole nitrogens is 1. The van der Waals surface area contributed by atoms with Crippen molar-refractivity contribution in [3.05, 3.63) is 65.2 Å². The Labute approximate surface area is 175 Å². The third kappa shape index (κ3) is 3.78. The fourth-order valence-electron chi connectivity index (χ4n) is 3.99. The van der Waals surface area contributed by atoms with Gasteiger partial charge in [0.25, 0.3) is 0 Å². The van der Waals surface area contributed by atoms with Crippen LogP contribution in [0.25, 0.3) is 21.8 Å². The Bertz CT molecular complexity index is 1160. The van der Waals surface area contributed by atoms with Crippen molar-refractivity contribution in [1.82, 2.24) is 10.3 Å². The number of anilines is 2. The molecule has 3 N–H and O–H groups in total. The predicted molar refractivity (Wildman–Crippen MR) is 122 cm³/mol. The van der Waals surface area contributed by atoms with Gasteiger partial charge in [0.05, 0.1) is 12.1 Å². The maximum absolute atomic E-state index is 6.32. The Morgan fingerprint density at radius 3 is 2.69 bits per heavy atom. The number of fused-ring (bicyclic) bond motifs is 3. The van der Waals surface area contributed by atoms with Crippen LogP contribution in [0.1, 0.15) is 12.0 Å². The first kappa shape index (κ1) is 18.3. The van der Waals surface area contributed by atoms with Crippen LogP contribution in [-0.4, -0.2) is 24.7 Å². The van der Waals surface area contributed by atoms with Crippen LogP contribution in [-0.2, 0) is 0 Å². The molecule has 148 valence electrons. The molecular formula is C24H24ClN3O. The molecule has 1 saturated heterocycles. The summed E-state index contributed by atoms with van der Waals surface area (Å²) in [4.78, 5) is 3.52. The van der Waals surface area contributed by atoms with Crippen molar-refractivity contribution in [2.45, 2.75) is 13.3 Å². The van der Waals surface area contributed by atoms with E-state index in [1.807, 2.05) is 18.2 Å². The van der Waals surface area contributed by atoms with Gasteiger partial charge in [-0.1, -0.05) is 29.3 Å². The number of aromatic nitrogens is 1. The normalized spacial score (nSPS) is 16.6. The lowest BCUT2D eigenvalue weighted by Gasteiger charge is -2.14. The van der Waals surface area contributed by atoms with E-state index >= 15 is 0 Å². The number of halogens is 1. The molecule has 5 heteroatoms. The third-order valence-electron chi connectivity index (χ3n) is 5.61. The minimum Gasteiger partial charge on any atom is -0.491 e. The summed E-state index contributed by atoms with van der Waals surface area (Å²) in [5.74, 6) is 1.42. The molecule has 0 saturated carbocycles. The third-order valence-corrected chi connectivity index (χ3v) is 5.85. The Morgan fingerprint density at radius 1 is 1.03 bits per heavy atom. The van der Waals surface area contributed by atoms with Gasteiger partial charge in [-0.2, -0.15) is 0 Å². The highest BCUT2D eigenvalue weighted by atomic mass is 35.5. The number of aromatic amines is 1. The zero-order chi connectivity index (χ0) is 19.8. The summed E-state index contributed by atoms with van der Waals surface area (Å²) in [6.07, 6.45) is 1.16. The molecular weight excluding hydrogens is 382 g/mol. The summed E-state index contributed by atoms with van der Waals surface area (Å²) in [6.45, 7) is 4.90. The average Bonchev–Trinajstić information content (AvgIpc) is 3.36. The summed E-state index contributed by atoms with van der Waals surface area (Å²) in [6, 6.07) is 18.6. The lowest BCUT2D eigenvalue weighted by molar-refractivity contribution is 0.262. The minimum atomic E-state index is 0.553. The van der Waals surface area contributed by atoms with E-state index in [2.05, 4.69) is 58.9 Å². The van der Waals surface area contributed by atoms with E-state index in [4.69, 9.17) is 16.3 Å². The van der Waals surface area contributed by atoms with Crippen LogP contribution in [0, 0.1) is 12.8 Å². The van der Waals surface area contributed by atoms with E-state index in [0.29, 0.717) is 12.5 Å². The lowest BCUT2D eigenvalue weighted by Crippen LogP contribution is -2.15. The minimum absolute atomic E-state index is 0.553. The smallest absolute Gasteiger partial charge is 0.145 e. The van der Waals surface area contributed by atoms with Gasteiger partial charge < -0.3 is 20.4 Å². The molecule has 0 amide bonds. The molecule has 4 aromatic rings. The van der Waals surface area contributed by atoms with Gasteiger partial charge in [-0.15, -0.1) is 0 Å². The Hall–Kier alpha value is -2.69. The molecule has 5 rings (SSSR count). The Kier molecular flexibility index (Phi) is 4.82. The number of hydrogen-bond donors (Lipinski definition) is 3. The van der Waals surface area contributed by atoms with E-state index < -0.39 is 0 Å². The van der Waals surface area contributed by atoms with Crippen LogP contribution in [0.3, 0.4) is 0 Å². The molecule has 1 aromatic heterocycles. The molecule has 29 heavy (non-hydrogen) atoms. The van der Waals surface area contributed by atoms with Gasteiger partial charge >= 0.3 is 0 Å². The predicted octanol–water partition coefficient (Wildman–Crippen LogP) is 6.01.